The third-order valence-electron chi connectivity index (χ3n) is 6.31. The quantitative estimate of drug-likeness (QED) is 0.423. The fourth-order valence-corrected chi connectivity index (χ4v) is 5.00. The lowest BCUT2D eigenvalue weighted by Gasteiger charge is -2.31. The molecule has 2 heterocycles. The summed E-state index contributed by atoms with van der Waals surface area (Å²) in [7, 11) is 0. The summed E-state index contributed by atoms with van der Waals surface area (Å²) in [6.45, 7) is 4.94. The van der Waals surface area contributed by atoms with Crippen LogP contribution in [-0.2, 0) is 28.5 Å². The van der Waals surface area contributed by atoms with Gasteiger partial charge >= 0.3 is 11.9 Å². The highest BCUT2D eigenvalue weighted by Crippen LogP contribution is 2.46. The molecule has 4 unspecified atom stereocenters. The molecule has 3 rings (SSSR count). The van der Waals surface area contributed by atoms with Crippen molar-refractivity contribution in [1.29, 1.82) is 0 Å². The van der Waals surface area contributed by atoms with E-state index in [1.165, 1.54) is 32.6 Å². The Kier molecular flexibility index (Phi) is 7.15. The van der Waals surface area contributed by atoms with Crippen molar-refractivity contribution in [1.82, 2.24) is 0 Å². The average molecular weight is 382 g/mol. The Bertz CT molecular complexity index is 513. The van der Waals surface area contributed by atoms with Gasteiger partial charge in [-0.1, -0.05) is 32.6 Å². The van der Waals surface area contributed by atoms with Crippen LogP contribution in [0.25, 0.3) is 0 Å². The molecule has 3 aliphatic rings. The molecule has 27 heavy (non-hydrogen) atoms. The molecule has 0 amide bonds. The average Bonchev–Trinajstić information content (AvgIpc) is 3.28. The fraction of sp³-hybridized carbons (Fsp3) is 0.905. The molecule has 1 saturated carbocycles. The van der Waals surface area contributed by atoms with E-state index in [4.69, 9.17) is 18.9 Å². The number of unbranched alkanes of at least 4 members (excludes halogenated alkanes) is 4. The van der Waals surface area contributed by atoms with E-state index in [2.05, 4.69) is 6.92 Å². The highest BCUT2D eigenvalue weighted by Gasteiger charge is 2.52. The number of esters is 2. The number of carbonyl (C=O) groups is 2. The summed E-state index contributed by atoms with van der Waals surface area (Å²) >= 11 is 0. The molecule has 1 aliphatic carbocycles. The smallest absolute Gasteiger partial charge is 0.306 e. The van der Waals surface area contributed by atoms with Crippen molar-refractivity contribution in [3.8, 4) is 0 Å². The van der Waals surface area contributed by atoms with Gasteiger partial charge in [-0.25, -0.2) is 0 Å². The van der Waals surface area contributed by atoms with Gasteiger partial charge in [-0.15, -0.1) is 0 Å². The molecule has 0 aromatic rings. The first-order valence-electron chi connectivity index (χ1n) is 10.7. The molecule has 6 heteroatoms. The number of carbonyl (C=O) groups excluding carboxylic acids is 2. The van der Waals surface area contributed by atoms with Crippen molar-refractivity contribution in [2.75, 3.05) is 13.2 Å². The second-order valence-corrected chi connectivity index (χ2v) is 8.25. The van der Waals surface area contributed by atoms with E-state index in [0.717, 1.165) is 25.7 Å². The van der Waals surface area contributed by atoms with Gasteiger partial charge in [0, 0.05) is 38.0 Å². The maximum absolute atomic E-state index is 11.7. The monoisotopic (exact) mass is 382 g/mol. The predicted molar refractivity (Wildman–Crippen MR) is 98.9 cm³/mol. The minimum Gasteiger partial charge on any atom is -0.462 e. The zero-order valence-electron chi connectivity index (χ0n) is 16.7. The van der Waals surface area contributed by atoms with Crippen LogP contribution < -0.4 is 0 Å². The maximum Gasteiger partial charge on any atom is 0.306 e. The van der Waals surface area contributed by atoms with Crippen LogP contribution in [0.4, 0.5) is 0 Å². The van der Waals surface area contributed by atoms with Gasteiger partial charge in [0.25, 0.3) is 0 Å². The number of hydrogen-bond acceptors (Lipinski definition) is 6. The Morgan fingerprint density at radius 3 is 2.59 bits per heavy atom. The SMILES string of the molecule is CCCCCCCC1(CCC2C(OC(C)=O)CC3OC(=O)CC32)OCCO1. The summed E-state index contributed by atoms with van der Waals surface area (Å²) < 4.78 is 23.0. The first kappa shape index (κ1) is 20.6. The molecule has 154 valence electrons. The van der Waals surface area contributed by atoms with Crippen molar-refractivity contribution in [3.63, 3.8) is 0 Å². The minimum absolute atomic E-state index is 0.109. The highest BCUT2D eigenvalue weighted by molar-refractivity contribution is 5.72. The zero-order valence-corrected chi connectivity index (χ0v) is 16.7. The van der Waals surface area contributed by atoms with Crippen molar-refractivity contribution in [2.24, 2.45) is 11.8 Å². The number of rotatable bonds is 10. The zero-order chi connectivity index (χ0) is 19.3. The van der Waals surface area contributed by atoms with Crippen LogP contribution in [0.5, 0.6) is 0 Å². The number of hydrogen-bond donors (Lipinski definition) is 0. The molecule has 2 aliphatic heterocycles. The predicted octanol–water partition coefficient (Wildman–Crippen LogP) is 3.75. The molecule has 0 bridgehead atoms. The molecule has 0 N–H and O–H groups in total. The third kappa shape index (κ3) is 5.23. The summed E-state index contributed by atoms with van der Waals surface area (Å²) in [5.41, 5.74) is 0. The van der Waals surface area contributed by atoms with E-state index in [0.29, 0.717) is 26.1 Å². The normalized spacial score (nSPS) is 31.7. The molecular weight excluding hydrogens is 348 g/mol. The van der Waals surface area contributed by atoms with Gasteiger partial charge in [0.2, 0.25) is 0 Å². The van der Waals surface area contributed by atoms with E-state index in [1.807, 2.05) is 0 Å². The molecule has 4 atom stereocenters. The Morgan fingerprint density at radius 1 is 1.15 bits per heavy atom. The van der Waals surface area contributed by atoms with Crippen LogP contribution in [0.1, 0.15) is 78.1 Å². The van der Waals surface area contributed by atoms with E-state index in [1.54, 1.807) is 0 Å². The maximum atomic E-state index is 11.7. The molecule has 0 aromatic carbocycles. The van der Waals surface area contributed by atoms with Crippen molar-refractivity contribution in [2.45, 2.75) is 96.1 Å². The van der Waals surface area contributed by atoms with E-state index in [-0.39, 0.29) is 36.0 Å². The second kappa shape index (κ2) is 9.37. The van der Waals surface area contributed by atoms with Crippen molar-refractivity contribution in [3.05, 3.63) is 0 Å². The van der Waals surface area contributed by atoms with Crippen molar-refractivity contribution >= 4 is 11.9 Å². The Labute approximate surface area is 162 Å². The van der Waals surface area contributed by atoms with Gasteiger partial charge in [-0.05, 0) is 12.8 Å². The minimum atomic E-state index is -0.505. The van der Waals surface area contributed by atoms with Gasteiger partial charge in [-0.2, -0.15) is 0 Å². The summed E-state index contributed by atoms with van der Waals surface area (Å²) in [6, 6.07) is 0. The molecule has 6 nitrogen and oxygen atoms in total. The van der Waals surface area contributed by atoms with E-state index in [9.17, 15) is 9.59 Å². The summed E-state index contributed by atoms with van der Waals surface area (Å²) in [5.74, 6) is -0.625. The number of ether oxygens (including phenoxy) is 4. The Hall–Kier alpha value is -1.14. The lowest BCUT2D eigenvalue weighted by atomic mass is 9.86. The molecule has 0 spiro atoms. The van der Waals surface area contributed by atoms with E-state index < -0.39 is 5.79 Å². The van der Waals surface area contributed by atoms with Crippen LogP contribution in [0.3, 0.4) is 0 Å². The first-order valence-corrected chi connectivity index (χ1v) is 10.7. The molecule has 0 aromatic heterocycles. The lowest BCUT2D eigenvalue weighted by molar-refractivity contribution is -0.172. The van der Waals surface area contributed by atoms with Gasteiger partial charge in [0.15, 0.2) is 5.79 Å². The Morgan fingerprint density at radius 2 is 1.89 bits per heavy atom. The van der Waals surface area contributed by atoms with Crippen molar-refractivity contribution < 1.29 is 28.5 Å². The summed E-state index contributed by atoms with van der Waals surface area (Å²) in [6.07, 6.45) is 9.35. The number of fused-ring (bicyclic) bond motifs is 1. The standard InChI is InChI=1S/C21H34O6/c1-3-4-5-6-7-9-21(24-11-12-25-21)10-8-16-17-13-20(23)27-19(17)14-18(16)26-15(2)22/h16-19H,3-14H2,1-2H3. The topological polar surface area (TPSA) is 71.1 Å². The van der Waals surface area contributed by atoms with Gasteiger partial charge in [-0.3, -0.25) is 9.59 Å². The van der Waals surface area contributed by atoms with Crippen LogP contribution >= 0.6 is 0 Å². The molecular formula is C21H34O6. The van der Waals surface area contributed by atoms with Crippen LogP contribution in [0.15, 0.2) is 0 Å². The largest absolute Gasteiger partial charge is 0.462 e. The van der Waals surface area contributed by atoms with Crippen LogP contribution in [0.2, 0.25) is 0 Å². The molecule has 3 fully saturated rings. The molecule has 2 saturated heterocycles. The van der Waals surface area contributed by atoms with Crippen LogP contribution in [0, 0.1) is 11.8 Å². The second-order valence-electron chi connectivity index (χ2n) is 8.25. The van der Waals surface area contributed by atoms with Gasteiger partial charge in [0.05, 0.1) is 19.6 Å². The Balaban J connectivity index is 1.57. The van der Waals surface area contributed by atoms with Crippen LogP contribution in [-0.4, -0.2) is 43.1 Å². The highest BCUT2D eigenvalue weighted by atomic mass is 16.7. The summed E-state index contributed by atoms with van der Waals surface area (Å²) in [4.78, 5) is 23.2. The fourth-order valence-electron chi connectivity index (χ4n) is 5.00. The van der Waals surface area contributed by atoms with E-state index >= 15 is 0 Å². The lowest BCUT2D eigenvalue weighted by Crippen LogP contribution is -2.33. The third-order valence-corrected chi connectivity index (χ3v) is 6.31. The molecule has 0 radical (unpaired) electrons. The first-order chi connectivity index (χ1) is 13.0. The summed E-state index contributed by atoms with van der Waals surface area (Å²) in [5, 5.41) is 0. The van der Waals surface area contributed by atoms with Gasteiger partial charge in [0.1, 0.15) is 12.2 Å². The van der Waals surface area contributed by atoms with Gasteiger partial charge < -0.3 is 18.9 Å².